The Bertz CT molecular complexity index is 482. The Kier molecular flexibility index (Phi) is 1.92. The predicted molar refractivity (Wildman–Crippen MR) is 59.1 cm³/mol. The zero-order valence-electron chi connectivity index (χ0n) is 9.91. The third kappa shape index (κ3) is 1.06. The number of hydrogen-bond acceptors (Lipinski definition) is 5. The van der Waals surface area contributed by atoms with E-state index >= 15 is 0 Å². The molecule has 0 aromatic heterocycles. The predicted octanol–water partition coefficient (Wildman–Crippen LogP) is 0.494. The van der Waals surface area contributed by atoms with Crippen LogP contribution in [-0.4, -0.2) is 35.4 Å². The first-order valence-corrected chi connectivity index (χ1v) is 6.23. The molecule has 0 bridgehead atoms. The lowest BCUT2D eigenvalue weighted by Gasteiger charge is -2.35. The molecule has 0 aromatic carbocycles. The van der Waals surface area contributed by atoms with Crippen LogP contribution in [0.1, 0.15) is 13.3 Å². The van der Waals surface area contributed by atoms with Crippen molar-refractivity contribution < 1.29 is 24.1 Å². The smallest absolute Gasteiger partial charge is 0.337 e. The fourth-order valence-corrected chi connectivity index (χ4v) is 3.69. The Balaban J connectivity index is 1.80. The molecule has 96 valence electrons. The molecule has 5 heteroatoms. The average molecular weight is 250 g/mol. The topological polar surface area (TPSA) is 65.0 Å². The van der Waals surface area contributed by atoms with Crippen molar-refractivity contribution in [2.45, 2.75) is 37.6 Å². The Hall–Kier alpha value is -1.17. The van der Waals surface area contributed by atoms with E-state index in [-0.39, 0.29) is 17.8 Å². The summed E-state index contributed by atoms with van der Waals surface area (Å²) in [7, 11) is 0. The number of allylic oxidation sites excluding steroid dienone is 2. The van der Waals surface area contributed by atoms with E-state index in [1.807, 2.05) is 12.2 Å². The van der Waals surface area contributed by atoms with Gasteiger partial charge in [0, 0.05) is 6.42 Å². The summed E-state index contributed by atoms with van der Waals surface area (Å²) in [5, 5.41) is 9.65. The van der Waals surface area contributed by atoms with Gasteiger partial charge >= 0.3 is 5.97 Å². The summed E-state index contributed by atoms with van der Waals surface area (Å²) in [4.78, 5) is 11.8. The first-order valence-electron chi connectivity index (χ1n) is 6.23. The largest absolute Gasteiger partial charge is 0.448 e. The summed E-state index contributed by atoms with van der Waals surface area (Å²) < 4.78 is 16.8. The van der Waals surface area contributed by atoms with E-state index in [2.05, 4.69) is 0 Å². The summed E-state index contributed by atoms with van der Waals surface area (Å²) in [5.41, 5.74) is -0.165. The average Bonchev–Trinajstić information content (AvgIpc) is 2.89. The number of carbonyl (C=O) groups excluding carboxylic acids is 1. The highest BCUT2D eigenvalue weighted by molar-refractivity contribution is 5.93. The van der Waals surface area contributed by atoms with Gasteiger partial charge in [-0.1, -0.05) is 12.2 Å². The van der Waals surface area contributed by atoms with E-state index in [4.69, 9.17) is 14.2 Å². The Morgan fingerprint density at radius 1 is 1.50 bits per heavy atom. The van der Waals surface area contributed by atoms with Crippen LogP contribution in [0.15, 0.2) is 23.8 Å². The number of hydrogen-bond donors (Lipinski definition) is 1. The minimum Gasteiger partial charge on any atom is -0.448 e. The van der Waals surface area contributed by atoms with Gasteiger partial charge in [0.2, 0.25) is 0 Å². The maximum Gasteiger partial charge on any atom is 0.337 e. The van der Waals surface area contributed by atoms with Crippen LogP contribution < -0.4 is 0 Å². The molecular weight excluding hydrogens is 236 g/mol. The first kappa shape index (κ1) is 10.7. The van der Waals surface area contributed by atoms with Crippen LogP contribution >= 0.6 is 0 Å². The third-order valence-electron chi connectivity index (χ3n) is 4.42. The highest BCUT2D eigenvalue weighted by Crippen LogP contribution is 2.57. The molecule has 0 radical (unpaired) electrons. The molecule has 6 atom stereocenters. The molecule has 0 unspecified atom stereocenters. The van der Waals surface area contributed by atoms with E-state index in [0.29, 0.717) is 12.0 Å². The number of rotatable bonds is 0. The van der Waals surface area contributed by atoms with Crippen molar-refractivity contribution in [3.63, 3.8) is 0 Å². The summed E-state index contributed by atoms with van der Waals surface area (Å²) in [6, 6.07) is 0. The summed E-state index contributed by atoms with van der Waals surface area (Å²) in [6.07, 6.45) is 4.49. The molecule has 0 amide bonds. The molecule has 1 aliphatic carbocycles. The first-order chi connectivity index (χ1) is 8.65. The second-order valence-corrected chi connectivity index (χ2v) is 5.25. The van der Waals surface area contributed by atoms with Gasteiger partial charge in [-0.25, -0.2) is 4.79 Å². The van der Waals surface area contributed by atoms with Crippen molar-refractivity contribution in [1.82, 2.24) is 0 Å². The number of esters is 1. The van der Waals surface area contributed by atoms with Crippen molar-refractivity contribution in [3.8, 4) is 0 Å². The van der Waals surface area contributed by atoms with E-state index in [1.54, 1.807) is 13.0 Å². The molecule has 0 aromatic rings. The zero-order valence-corrected chi connectivity index (χ0v) is 9.91. The molecule has 4 aliphatic rings. The van der Waals surface area contributed by atoms with E-state index in [1.165, 1.54) is 0 Å². The van der Waals surface area contributed by atoms with Crippen molar-refractivity contribution in [3.05, 3.63) is 23.8 Å². The highest BCUT2D eigenvalue weighted by Gasteiger charge is 2.69. The van der Waals surface area contributed by atoms with E-state index in [9.17, 15) is 9.90 Å². The molecular formula is C13H14O5. The number of aliphatic hydroxyl groups is 1. The van der Waals surface area contributed by atoms with Gasteiger partial charge in [-0.2, -0.15) is 0 Å². The Morgan fingerprint density at radius 3 is 3.11 bits per heavy atom. The molecule has 4 rings (SSSR count). The van der Waals surface area contributed by atoms with Gasteiger partial charge in [-0.15, -0.1) is 0 Å². The lowest BCUT2D eigenvalue weighted by molar-refractivity contribution is -0.263. The van der Waals surface area contributed by atoms with Crippen LogP contribution in [0.4, 0.5) is 0 Å². The molecule has 3 aliphatic heterocycles. The van der Waals surface area contributed by atoms with Crippen LogP contribution in [0, 0.1) is 11.8 Å². The van der Waals surface area contributed by atoms with Crippen LogP contribution in [0.2, 0.25) is 0 Å². The van der Waals surface area contributed by atoms with Crippen molar-refractivity contribution in [2.24, 2.45) is 11.8 Å². The summed E-state index contributed by atoms with van der Waals surface area (Å²) in [5.74, 6) is -0.197. The van der Waals surface area contributed by atoms with Crippen molar-refractivity contribution in [1.29, 1.82) is 0 Å². The second-order valence-electron chi connectivity index (χ2n) is 5.25. The minimum absolute atomic E-state index is 0.0349. The zero-order chi connectivity index (χ0) is 12.5. The number of aliphatic hydroxyl groups excluding tert-OH is 1. The summed E-state index contributed by atoms with van der Waals surface area (Å²) >= 11 is 0. The lowest BCUT2D eigenvalue weighted by atomic mass is 9.80. The molecule has 1 spiro atoms. The minimum atomic E-state index is -0.806. The van der Waals surface area contributed by atoms with Gasteiger partial charge in [0.15, 0.2) is 18.2 Å². The van der Waals surface area contributed by atoms with Crippen molar-refractivity contribution >= 4 is 5.97 Å². The molecule has 3 saturated heterocycles. The van der Waals surface area contributed by atoms with E-state index in [0.717, 1.165) is 0 Å². The highest BCUT2D eigenvalue weighted by atomic mass is 16.8. The third-order valence-corrected chi connectivity index (χ3v) is 4.42. The Morgan fingerprint density at radius 2 is 2.33 bits per heavy atom. The van der Waals surface area contributed by atoms with Gasteiger partial charge in [-0.3, -0.25) is 0 Å². The molecule has 3 heterocycles. The van der Waals surface area contributed by atoms with Gasteiger partial charge in [-0.05, 0) is 18.9 Å². The maximum absolute atomic E-state index is 11.8. The molecule has 3 fully saturated rings. The van der Waals surface area contributed by atoms with Crippen molar-refractivity contribution in [2.75, 3.05) is 0 Å². The lowest BCUT2D eigenvalue weighted by Crippen LogP contribution is -2.45. The van der Waals surface area contributed by atoms with Gasteiger partial charge in [0.1, 0.15) is 6.10 Å². The van der Waals surface area contributed by atoms with Gasteiger partial charge < -0.3 is 19.3 Å². The van der Waals surface area contributed by atoms with Crippen LogP contribution in [0.5, 0.6) is 0 Å². The van der Waals surface area contributed by atoms with Crippen LogP contribution in [-0.2, 0) is 19.0 Å². The molecule has 0 saturated carbocycles. The molecule has 18 heavy (non-hydrogen) atoms. The Labute approximate surface area is 104 Å². The quantitative estimate of drug-likeness (QED) is 0.385. The standard InChI is InChI=1S/C13H14O5/c1-2-7-10-13(18-11(7)15)4-3-6-5-8(14)16-12(17-10)9(6)13/h2-4,6,8-10,12,14H,5H2,1H3/b7-2+/t6-,8+,9-,10-,12-,13+/m1/s1. The van der Waals surface area contributed by atoms with Crippen LogP contribution in [0.25, 0.3) is 0 Å². The van der Waals surface area contributed by atoms with Gasteiger partial charge in [0.05, 0.1) is 11.5 Å². The SMILES string of the molecule is C/C=C1/C(=O)O[C@]23C=C[C@@H]4C[C@@H](O)O[C@H](O[C@H]12)[C@@H]43. The van der Waals surface area contributed by atoms with E-state index < -0.39 is 24.3 Å². The fourth-order valence-electron chi connectivity index (χ4n) is 3.69. The fraction of sp³-hybridized carbons (Fsp3) is 0.615. The second kappa shape index (κ2) is 3.23. The van der Waals surface area contributed by atoms with Crippen LogP contribution in [0.3, 0.4) is 0 Å². The maximum atomic E-state index is 11.8. The normalized spacial score (nSPS) is 54.7. The molecule has 5 nitrogen and oxygen atoms in total. The molecule has 1 N–H and O–H groups in total. The van der Waals surface area contributed by atoms with Gasteiger partial charge in [0.25, 0.3) is 0 Å². The number of ether oxygens (including phenoxy) is 3. The monoisotopic (exact) mass is 250 g/mol. The summed E-state index contributed by atoms with van der Waals surface area (Å²) in [6.45, 7) is 1.80. The number of carbonyl (C=O) groups is 1.